The molecule has 0 aliphatic carbocycles. The Morgan fingerprint density at radius 1 is 1.11 bits per heavy atom. The topological polar surface area (TPSA) is 37.3 Å². The van der Waals surface area contributed by atoms with E-state index in [-0.39, 0.29) is 0 Å². The zero-order valence-corrected chi connectivity index (χ0v) is 16.0. The van der Waals surface area contributed by atoms with Crippen molar-refractivity contribution in [2.45, 2.75) is 18.6 Å². The van der Waals surface area contributed by atoms with Crippen molar-refractivity contribution < 1.29 is 9.47 Å². The van der Waals surface area contributed by atoms with Gasteiger partial charge in [0.2, 0.25) is 0 Å². The van der Waals surface area contributed by atoms with Crippen molar-refractivity contribution in [2.24, 2.45) is 4.99 Å². The number of amidine groups is 1. The summed E-state index contributed by atoms with van der Waals surface area (Å²) in [6.07, 6.45) is 1.40. The fourth-order valence-electron chi connectivity index (χ4n) is 4.30. The van der Waals surface area contributed by atoms with Gasteiger partial charge >= 0.3 is 0 Å². The summed E-state index contributed by atoms with van der Waals surface area (Å²) in [5, 5.41) is 0.662. The molecule has 2 fully saturated rings. The van der Waals surface area contributed by atoms with Crippen LogP contribution in [-0.2, 0) is 4.74 Å². The lowest BCUT2D eigenvalue weighted by Gasteiger charge is -2.39. The molecule has 0 aromatic heterocycles. The fraction of sp³-hybridized carbons (Fsp3) is 0.381. The molecule has 2 atom stereocenters. The highest BCUT2D eigenvalue weighted by Crippen LogP contribution is 2.40. The highest BCUT2D eigenvalue weighted by atomic mass is 35.5. The molecule has 6 heteroatoms. The lowest BCUT2D eigenvalue weighted by Crippen LogP contribution is -2.52. The molecule has 0 saturated carbocycles. The molecule has 3 aliphatic heterocycles. The lowest BCUT2D eigenvalue weighted by molar-refractivity contribution is 0.105. The van der Waals surface area contributed by atoms with E-state index in [1.165, 1.54) is 0 Å². The van der Waals surface area contributed by atoms with Crippen molar-refractivity contribution in [3.8, 4) is 11.5 Å². The predicted molar refractivity (Wildman–Crippen MR) is 107 cm³/mol. The maximum atomic E-state index is 6.22. The Morgan fingerprint density at radius 3 is 2.89 bits per heavy atom. The number of hydrogen-bond acceptors (Lipinski definition) is 5. The predicted octanol–water partition coefficient (Wildman–Crippen LogP) is 3.93. The normalized spacial score (nSPS) is 24.4. The van der Waals surface area contributed by atoms with Gasteiger partial charge in [0, 0.05) is 44.4 Å². The Labute approximate surface area is 164 Å². The SMILES string of the molecule is CO[C@H]1C[C@H]2CN(C3=Nc4cc(Cl)ccc4Oc4ccccc43)CCN2C1. The molecule has 0 N–H and O–H groups in total. The van der Waals surface area contributed by atoms with E-state index in [2.05, 4.69) is 15.9 Å². The largest absolute Gasteiger partial charge is 0.454 e. The number of rotatable bonds is 1. The first kappa shape index (κ1) is 17.0. The zero-order chi connectivity index (χ0) is 18.4. The molecule has 3 aliphatic rings. The van der Waals surface area contributed by atoms with Crippen LogP contribution < -0.4 is 4.74 Å². The van der Waals surface area contributed by atoms with Crippen molar-refractivity contribution in [1.82, 2.24) is 9.80 Å². The van der Waals surface area contributed by atoms with Crippen LogP contribution in [-0.4, -0.2) is 61.1 Å². The molecule has 3 heterocycles. The van der Waals surface area contributed by atoms with Crippen molar-refractivity contribution in [3.63, 3.8) is 0 Å². The molecular formula is C21H22ClN3O2. The first-order valence-electron chi connectivity index (χ1n) is 9.38. The van der Waals surface area contributed by atoms with Gasteiger partial charge in [-0.25, -0.2) is 4.99 Å². The number of piperazine rings is 1. The smallest absolute Gasteiger partial charge is 0.153 e. The number of benzene rings is 2. The molecule has 140 valence electrons. The van der Waals surface area contributed by atoms with Gasteiger partial charge in [0.05, 0.1) is 11.7 Å². The number of nitrogens with zero attached hydrogens (tertiary/aromatic N) is 3. The van der Waals surface area contributed by atoms with Gasteiger partial charge in [0.25, 0.3) is 0 Å². The maximum Gasteiger partial charge on any atom is 0.153 e. The van der Waals surface area contributed by atoms with Crippen molar-refractivity contribution >= 4 is 23.1 Å². The average molecular weight is 384 g/mol. The van der Waals surface area contributed by atoms with E-state index in [0.29, 0.717) is 17.2 Å². The van der Waals surface area contributed by atoms with Crippen LogP contribution in [0.5, 0.6) is 11.5 Å². The van der Waals surface area contributed by atoms with Gasteiger partial charge in [0.1, 0.15) is 17.3 Å². The molecule has 2 aromatic carbocycles. The van der Waals surface area contributed by atoms with Gasteiger partial charge in [-0.15, -0.1) is 0 Å². The zero-order valence-electron chi connectivity index (χ0n) is 15.3. The van der Waals surface area contributed by atoms with Crippen molar-refractivity contribution in [2.75, 3.05) is 33.3 Å². The second-order valence-corrected chi connectivity index (χ2v) is 7.77. The minimum atomic E-state index is 0.334. The molecule has 0 bridgehead atoms. The Bertz CT molecular complexity index is 901. The fourth-order valence-corrected chi connectivity index (χ4v) is 4.46. The Morgan fingerprint density at radius 2 is 2.00 bits per heavy atom. The number of fused-ring (bicyclic) bond motifs is 3. The molecule has 0 amide bonds. The van der Waals surface area contributed by atoms with Crippen LogP contribution in [0.1, 0.15) is 12.0 Å². The number of para-hydroxylation sites is 1. The van der Waals surface area contributed by atoms with Crippen LogP contribution in [0.3, 0.4) is 0 Å². The molecule has 27 heavy (non-hydrogen) atoms. The first-order chi connectivity index (χ1) is 13.2. The van der Waals surface area contributed by atoms with Crippen LogP contribution in [0, 0.1) is 0 Å². The monoisotopic (exact) mass is 383 g/mol. The summed E-state index contributed by atoms with van der Waals surface area (Å²) in [7, 11) is 1.81. The molecule has 2 aromatic rings. The minimum absolute atomic E-state index is 0.334. The Hall–Kier alpha value is -2.08. The standard InChI is InChI=1S/C21H22ClN3O2/c1-26-16-11-15-12-25(9-8-24(15)13-16)21-17-4-2-3-5-19(17)27-20-7-6-14(22)10-18(20)23-21/h2-7,10,15-16H,8-9,11-13H2,1H3/t15-,16-/m0/s1. The summed E-state index contributed by atoms with van der Waals surface area (Å²) in [5.74, 6) is 2.54. The molecule has 0 unspecified atom stereocenters. The molecule has 5 nitrogen and oxygen atoms in total. The summed E-state index contributed by atoms with van der Waals surface area (Å²) in [5.41, 5.74) is 1.80. The van der Waals surface area contributed by atoms with Crippen LogP contribution in [0.25, 0.3) is 0 Å². The molecular weight excluding hydrogens is 362 g/mol. The van der Waals surface area contributed by atoms with E-state index in [0.717, 1.165) is 61.2 Å². The molecule has 5 rings (SSSR count). The average Bonchev–Trinajstić information content (AvgIpc) is 3.03. The van der Waals surface area contributed by atoms with Gasteiger partial charge in [0.15, 0.2) is 5.75 Å². The quantitative estimate of drug-likeness (QED) is 0.747. The second-order valence-electron chi connectivity index (χ2n) is 7.33. The van der Waals surface area contributed by atoms with E-state index in [4.69, 9.17) is 26.1 Å². The third kappa shape index (κ3) is 3.10. The lowest BCUT2D eigenvalue weighted by atomic mass is 10.1. The highest BCUT2D eigenvalue weighted by Gasteiger charge is 2.37. The van der Waals surface area contributed by atoms with Gasteiger partial charge in [-0.05, 0) is 36.8 Å². The van der Waals surface area contributed by atoms with E-state index in [1.807, 2.05) is 43.5 Å². The summed E-state index contributed by atoms with van der Waals surface area (Å²) < 4.78 is 11.8. The van der Waals surface area contributed by atoms with E-state index in [9.17, 15) is 0 Å². The second kappa shape index (κ2) is 6.82. The molecule has 0 spiro atoms. The van der Waals surface area contributed by atoms with Crippen LogP contribution in [0.2, 0.25) is 5.02 Å². The maximum absolute atomic E-state index is 6.22. The minimum Gasteiger partial charge on any atom is -0.454 e. The van der Waals surface area contributed by atoms with E-state index in [1.54, 1.807) is 0 Å². The Kier molecular flexibility index (Phi) is 4.31. The van der Waals surface area contributed by atoms with E-state index >= 15 is 0 Å². The van der Waals surface area contributed by atoms with Crippen LogP contribution >= 0.6 is 11.6 Å². The van der Waals surface area contributed by atoms with Gasteiger partial charge < -0.3 is 14.4 Å². The van der Waals surface area contributed by atoms with E-state index < -0.39 is 0 Å². The van der Waals surface area contributed by atoms with Crippen molar-refractivity contribution in [3.05, 3.63) is 53.1 Å². The number of halogens is 1. The number of aliphatic imine (C=N–C) groups is 1. The number of methoxy groups -OCH3 is 1. The summed E-state index contributed by atoms with van der Waals surface area (Å²) >= 11 is 6.22. The van der Waals surface area contributed by atoms with Crippen molar-refractivity contribution in [1.29, 1.82) is 0 Å². The first-order valence-corrected chi connectivity index (χ1v) is 9.76. The summed E-state index contributed by atoms with van der Waals surface area (Å²) in [6.45, 7) is 3.94. The number of hydrogen-bond donors (Lipinski definition) is 0. The third-order valence-corrected chi connectivity index (χ3v) is 5.94. The van der Waals surface area contributed by atoms with Crippen LogP contribution in [0.15, 0.2) is 47.5 Å². The summed E-state index contributed by atoms with van der Waals surface area (Å²) in [4.78, 5) is 9.92. The van der Waals surface area contributed by atoms with Gasteiger partial charge in [-0.3, -0.25) is 4.90 Å². The van der Waals surface area contributed by atoms with Crippen LogP contribution in [0.4, 0.5) is 5.69 Å². The Balaban J connectivity index is 1.53. The number of ether oxygens (including phenoxy) is 2. The molecule has 2 saturated heterocycles. The third-order valence-electron chi connectivity index (χ3n) is 5.71. The summed E-state index contributed by atoms with van der Waals surface area (Å²) in [6, 6.07) is 14.2. The highest BCUT2D eigenvalue weighted by molar-refractivity contribution is 6.31. The van der Waals surface area contributed by atoms with Gasteiger partial charge in [-0.2, -0.15) is 0 Å². The molecule has 0 radical (unpaired) electrons. The van der Waals surface area contributed by atoms with Gasteiger partial charge in [-0.1, -0.05) is 23.7 Å².